The van der Waals surface area contributed by atoms with Crippen molar-refractivity contribution in [1.29, 1.82) is 5.26 Å². The molecule has 0 saturated heterocycles. The van der Waals surface area contributed by atoms with E-state index in [1.54, 1.807) is 13.0 Å². The molecule has 0 spiro atoms. The molecule has 1 aromatic rings. The summed E-state index contributed by atoms with van der Waals surface area (Å²) in [5, 5.41) is 9.05. The Balaban J connectivity index is 2.08. The van der Waals surface area contributed by atoms with Gasteiger partial charge in [0.05, 0.1) is 24.8 Å². The fraction of sp³-hybridized carbons (Fsp3) is 0.467. The minimum absolute atomic E-state index is 0.209. The monoisotopic (exact) mass is 276 g/mol. The summed E-state index contributed by atoms with van der Waals surface area (Å²) < 4.78 is 18.1. The first kappa shape index (κ1) is 14.5. The van der Waals surface area contributed by atoms with Crippen LogP contribution in [0.3, 0.4) is 0 Å². The standard InChI is InChI=1S/C15H17FN2O2/c1-2-20-15(19)10-18(14-5-6-14)9-11-3-4-13(16)7-12(11)8-17/h3-4,7,14H,2,5-6,9-10H2,1H3. The molecule has 0 atom stereocenters. The Labute approximate surface area is 117 Å². The minimum atomic E-state index is -0.423. The van der Waals surface area contributed by atoms with Crippen LogP contribution >= 0.6 is 0 Å². The summed E-state index contributed by atoms with van der Waals surface area (Å²) in [6, 6.07) is 6.53. The second-order valence-electron chi connectivity index (χ2n) is 4.85. The summed E-state index contributed by atoms with van der Waals surface area (Å²) >= 11 is 0. The van der Waals surface area contributed by atoms with Crippen LogP contribution < -0.4 is 0 Å². The summed E-state index contributed by atoms with van der Waals surface area (Å²) in [7, 11) is 0. The number of halogens is 1. The maximum absolute atomic E-state index is 13.1. The van der Waals surface area contributed by atoms with Gasteiger partial charge in [-0.15, -0.1) is 0 Å². The molecule has 0 N–H and O–H groups in total. The molecule has 106 valence electrons. The Morgan fingerprint density at radius 3 is 2.90 bits per heavy atom. The van der Waals surface area contributed by atoms with Crippen LogP contribution in [0.4, 0.5) is 4.39 Å². The molecule has 2 rings (SSSR count). The number of rotatable bonds is 6. The van der Waals surface area contributed by atoms with Gasteiger partial charge in [0.25, 0.3) is 0 Å². The van der Waals surface area contributed by atoms with E-state index in [-0.39, 0.29) is 12.5 Å². The highest BCUT2D eigenvalue weighted by atomic mass is 19.1. The van der Waals surface area contributed by atoms with Gasteiger partial charge in [-0.2, -0.15) is 5.26 Å². The zero-order chi connectivity index (χ0) is 14.5. The van der Waals surface area contributed by atoms with E-state index in [0.29, 0.717) is 24.8 Å². The minimum Gasteiger partial charge on any atom is -0.465 e. The van der Waals surface area contributed by atoms with Crippen molar-refractivity contribution in [2.24, 2.45) is 0 Å². The fourth-order valence-corrected chi connectivity index (χ4v) is 2.14. The van der Waals surface area contributed by atoms with Crippen LogP contribution in [0.2, 0.25) is 0 Å². The molecule has 0 aromatic heterocycles. The molecular formula is C15H17FN2O2. The first-order valence-corrected chi connectivity index (χ1v) is 6.72. The van der Waals surface area contributed by atoms with Crippen molar-refractivity contribution in [3.63, 3.8) is 0 Å². The van der Waals surface area contributed by atoms with Gasteiger partial charge in [0.15, 0.2) is 0 Å². The lowest BCUT2D eigenvalue weighted by atomic mass is 10.1. The largest absolute Gasteiger partial charge is 0.465 e. The SMILES string of the molecule is CCOC(=O)CN(Cc1ccc(F)cc1C#N)C1CC1. The van der Waals surface area contributed by atoms with Crippen molar-refractivity contribution < 1.29 is 13.9 Å². The van der Waals surface area contributed by atoms with E-state index in [0.717, 1.165) is 18.4 Å². The summed E-state index contributed by atoms with van der Waals surface area (Å²) in [6.45, 7) is 2.80. The quantitative estimate of drug-likeness (QED) is 0.748. The van der Waals surface area contributed by atoms with Gasteiger partial charge in [0, 0.05) is 12.6 Å². The van der Waals surface area contributed by atoms with E-state index < -0.39 is 5.82 Å². The highest BCUT2D eigenvalue weighted by Gasteiger charge is 2.31. The van der Waals surface area contributed by atoms with Crippen LogP contribution in [-0.2, 0) is 16.1 Å². The van der Waals surface area contributed by atoms with Gasteiger partial charge in [0.2, 0.25) is 0 Å². The summed E-state index contributed by atoms with van der Waals surface area (Å²) in [4.78, 5) is 13.6. The van der Waals surface area contributed by atoms with Gasteiger partial charge in [-0.1, -0.05) is 6.07 Å². The number of hydrogen-bond acceptors (Lipinski definition) is 4. The molecule has 0 aliphatic heterocycles. The molecule has 0 bridgehead atoms. The Hall–Kier alpha value is -1.93. The van der Waals surface area contributed by atoms with E-state index in [1.165, 1.54) is 12.1 Å². The van der Waals surface area contributed by atoms with Crippen molar-refractivity contribution >= 4 is 5.97 Å². The molecule has 1 saturated carbocycles. The highest BCUT2D eigenvalue weighted by Crippen LogP contribution is 2.28. The number of hydrogen-bond donors (Lipinski definition) is 0. The molecule has 4 nitrogen and oxygen atoms in total. The Kier molecular flexibility index (Phi) is 4.70. The van der Waals surface area contributed by atoms with Crippen molar-refractivity contribution in [1.82, 2.24) is 4.90 Å². The maximum atomic E-state index is 13.1. The van der Waals surface area contributed by atoms with Gasteiger partial charge in [-0.05, 0) is 37.5 Å². The van der Waals surface area contributed by atoms with E-state index in [2.05, 4.69) is 0 Å². The molecule has 20 heavy (non-hydrogen) atoms. The van der Waals surface area contributed by atoms with Gasteiger partial charge < -0.3 is 4.74 Å². The Morgan fingerprint density at radius 2 is 2.30 bits per heavy atom. The van der Waals surface area contributed by atoms with E-state index >= 15 is 0 Å². The lowest BCUT2D eigenvalue weighted by Crippen LogP contribution is -2.32. The summed E-state index contributed by atoms with van der Waals surface area (Å²) in [5.74, 6) is -0.686. The molecule has 0 heterocycles. The number of carbonyl (C=O) groups is 1. The first-order valence-electron chi connectivity index (χ1n) is 6.72. The van der Waals surface area contributed by atoms with Crippen molar-refractivity contribution in [3.8, 4) is 6.07 Å². The van der Waals surface area contributed by atoms with Crippen LogP contribution in [0.15, 0.2) is 18.2 Å². The third-order valence-electron chi connectivity index (χ3n) is 3.27. The molecule has 1 fully saturated rings. The predicted molar refractivity (Wildman–Crippen MR) is 71.2 cm³/mol. The Bertz CT molecular complexity index is 535. The number of nitriles is 1. The number of nitrogens with zero attached hydrogens (tertiary/aromatic N) is 2. The first-order chi connectivity index (χ1) is 9.63. The molecule has 0 unspecified atom stereocenters. The average Bonchev–Trinajstić information content (AvgIpc) is 3.24. The third kappa shape index (κ3) is 3.78. The highest BCUT2D eigenvalue weighted by molar-refractivity contribution is 5.71. The lowest BCUT2D eigenvalue weighted by Gasteiger charge is -2.21. The summed E-state index contributed by atoms with van der Waals surface area (Å²) in [5.41, 5.74) is 1.06. The number of benzene rings is 1. The fourth-order valence-electron chi connectivity index (χ4n) is 2.14. The van der Waals surface area contributed by atoms with Gasteiger partial charge in [-0.25, -0.2) is 4.39 Å². The summed E-state index contributed by atoms with van der Waals surface area (Å²) in [6.07, 6.45) is 2.09. The lowest BCUT2D eigenvalue weighted by molar-refractivity contribution is -0.144. The topological polar surface area (TPSA) is 53.3 Å². The molecule has 0 radical (unpaired) electrons. The molecule has 0 amide bonds. The van der Waals surface area contributed by atoms with Crippen molar-refractivity contribution in [3.05, 3.63) is 35.1 Å². The van der Waals surface area contributed by atoms with E-state index in [4.69, 9.17) is 10.00 Å². The van der Waals surface area contributed by atoms with Crippen LogP contribution in [0.1, 0.15) is 30.9 Å². The number of esters is 1. The number of carbonyl (C=O) groups excluding carboxylic acids is 1. The molecule has 1 aliphatic carbocycles. The van der Waals surface area contributed by atoms with Crippen LogP contribution in [-0.4, -0.2) is 30.1 Å². The predicted octanol–water partition coefficient (Wildman–Crippen LogP) is 2.22. The molecular weight excluding hydrogens is 259 g/mol. The van der Waals surface area contributed by atoms with Gasteiger partial charge in [0.1, 0.15) is 5.82 Å². The van der Waals surface area contributed by atoms with Crippen LogP contribution in [0, 0.1) is 17.1 Å². The van der Waals surface area contributed by atoms with E-state index in [9.17, 15) is 9.18 Å². The second kappa shape index (κ2) is 6.49. The molecule has 1 aliphatic rings. The zero-order valence-corrected chi connectivity index (χ0v) is 11.4. The van der Waals surface area contributed by atoms with Crippen molar-refractivity contribution in [2.45, 2.75) is 32.4 Å². The average molecular weight is 276 g/mol. The molecule has 1 aromatic carbocycles. The zero-order valence-electron chi connectivity index (χ0n) is 11.4. The van der Waals surface area contributed by atoms with Crippen molar-refractivity contribution in [2.75, 3.05) is 13.2 Å². The molecule has 5 heteroatoms. The second-order valence-corrected chi connectivity index (χ2v) is 4.85. The Morgan fingerprint density at radius 1 is 1.55 bits per heavy atom. The van der Waals surface area contributed by atoms with Gasteiger partial charge in [-0.3, -0.25) is 9.69 Å². The van der Waals surface area contributed by atoms with Gasteiger partial charge >= 0.3 is 5.97 Å². The normalized spacial score (nSPS) is 14.1. The number of ether oxygens (including phenoxy) is 1. The third-order valence-corrected chi connectivity index (χ3v) is 3.27. The van der Waals surface area contributed by atoms with Crippen LogP contribution in [0.25, 0.3) is 0 Å². The van der Waals surface area contributed by atoms with Crippen LogP contribution in [0.5, 0.6) is 0 Å². The van der Waals surface area contributed by atoms with E-state index in [1.807, 2.05) is 11.0 Å². The smallest absolute Gasteiger partial charge is 0.320 e. The maximum Gasteiger partial charge on any atom is 0.320 e.